The average Bonchev–Trinajstić information content (AvgIpc) is 2.67. The SMILES string of the molecule is Cc1cc(C)c(C(=O)N2CCC(C)CC2CN)[nH]1.Cl. The molecule has 2 atom stereocenters. The summed E-state index contributed by atoms with van der Waals surface area (Å²) >= 11 is 0. The van der Waals surface area contributed by atoms with Crippen LogP contribution in [0.3, 0.4) is 0 Å². The number of carbonyl (C=O) groups excluding carboxylic acids is 1. The molecule has 3 N–H and O–H groups in total. The predicted octanol–water partition coefficient (Wildman–Crippen LogP) is 2.25. The van der Waals surface area contributed by atoms with Gasteiger partial charge in [0.15, 0.2) is 0 Å². The van der Waals surface area contributed by atoms with E-state index in [2.05, 4.69) is 11.9 Å². The third kappa shape index (κ3) is 3.31. The highest BCUT2D eigenvalue weighted by Gasteiger charge is 2.30. The number of nitrogens with zero attached hydrogens (tertiary/aromatic N) is 1. The first-order valence-corrected chi connectivity index (χ1v) is 6.70. The molecule has 1 aliphatic heterocycles. The number of likely N-dealkylation sites (tertiary alicyclic amines) is 1. The van der Waals surface area contributed by atoms with Crippen LogP contribution in [0, 0.1) is 19.8 Å². The summed E-state index contributed by atoms with van der Waals surface area (Å²) in [6.45, 7) is 7.55. The van der Waals surface area contributed by atoms with Gasteiger partial charge in [-0.05, 0) is 44.2 Å². The molecule has 1 aromatic rings. The minimum Gasteiger partial charge on any atom is -0.354 e. The molecule has 5 heteroatoms. The van der Waals surface area contributed by atoms with Crippen molar-refractivity contribution in [3.05, 3.63) is 23.0 Å². The van der Waals surface area contributed by atoms with Crippen LogP contribution in [-0.4, -0.2) is 34.9 Å². The molecule has 2 heterocycles. The largest absolute Gasteiger partial charge is 0.354 e. The molecular formula is C14H24ClN3O. The summed E-state index contributed by atoms with van der Waals surface area (Å²) in [6.07, 6.45) is 2.09. The fourth-order valence-electron chi connectivity index (χ4n) is 2.84. The lowest BCUT2D eigenvalue weighted by Crippen LogP contribution is -2.49. The molecule has 0 spiro atoms. The van der Waals surface area contributed by atoms with Crippen LogP contribution in [-0.2, 0) is 0 Å². The molecule has 1 fully saturated rings. The molecule has 1 aromatic heterocycles. The first kappa shape index (κ1) is 16.1. The van der Waals surface area contributed by atoms with E-state index in [4.69, 9.17) is 5.73 Å². The van der Waals surface area contributed by atoms with Gasteiger partial charge >= 0.3 is 0 Å². The molecular weight excluding hydrogens is 262 g/mol. The average molecular weight is 286 g/mol. The Kier molecular flexibility index (Phi) is 5.44. The van der Waals surface area contributed by atoms with E-state index in [9.17, 15) is 4.79 Å². The number of nitrogens with one attached hydrogen (secondary N) is 1. The smallest absolute Gasteiger partial charge is 0.270 e. The lowest BCUT2D eigenvalue weighted by atomic mass is 9.92. The number of rotatable bonds is 2. The van der Waals surface area contributed by atoms with Crippen molar-refractivity contribution >= 4 is 18.3 Å². The van der Waals surface area contributed by atoms with Crippen molar-refractivity contribution in [3.63, 3.8) is 0 Å². The van der Waals surface area contributed by atoms with Gasteiger partial charge in [-0.25, -0.2) is 0 Å². The van der Waals surface area contributed by atoms with Crippen molar-refractivity contribution in [3.8, 4) is 0 Å². The van der Waals surface area contributed by atoms with E-state index >= 15 is 0 Å². The lowest BCUT2D eigenvalue weighted by molar-refractivity contribution is 0.0567. The van der Waals surface area contributed by atoms with Gasteiger partial charge in [-0.3, -0.25) is 4.79 Å². The summed E-state index contributed by atoms with van der Waals surface area (Å²) in [6, 6.07) is 2.20. The zero-order valence-electron chi connectivity index (χ0n) is 11.9. The van der Waals surface area contributed by atoms with Gasteiger partial charge in [0.25, 0.3) is 5.91 Å². The highest BCUT2D eigenvalue weighted by Crippen LogP contribution is 2.24. The zero-order chi connectivity index (χ0) is 13.3. The number of H-pyrrole nitrogens is 1. The summed E-state index contributed by atoms with van der Waals surface area (Å²) in [5.74, 6) is 0.761. The molecule has 4 nitrogen and oxygen atoms in total. The lowest BCUT2D eigenvalue weighted by Gasteiger charge is -2.37. The number of piperidine rings is 1. The van der Waals surface area contributed by atoms with Gasteiger partial charge in [0.05, 0.1) is 0 Å². The van der Waals surface area contributed by atoms with Gasteiger partial charge in [-0.1, -0.05) is 6.92 Å². The maximum Gasteiger partial charge on any atom is 0.270 e. The molecule has 0 aliphatic carbocycles. The molecule has 0 saturated carbocycles. The Labute approximate surface area is 121 Å². The third-order valence-electron chi connectivity index (χ3n) is 3.87. The zero-order valence-corrected chi connectivity index (χ0v) is 12.7. The summed E-state index contributed by atoms with van der Waals surface area (Å²) in [5, 5.41) is 0. The Hall–Kier alpha value is -1.00. The predicted molar refractivity (Wildman–Crippen MR) is 79.8 cm³/mol. The van der Waals surface area contributed by atoms with Gasteiger partial charge in [0.2, 0.25) is 0 Å². The number of nitrogens with two attached hydrogens (primary N) is 1. The maximum atomic E-state index is 12.5. The van der Waals surface area contributed by atoms with Gasteiger partial charge in [0.1, 0.15) is 5.69 Å². The minimum atomic E-state index is 0. The quantitative estimate of drug-likeness (QED) is 0.875. The number of carbonyl (C=O) groups is 1. The van der Waals surface area contributed by atoms with Gasteiger partial charge in [0, 0.05) is 24.8 Å². The summed E-state index contributed by atoms with van der Waals surface area (Å²) in [4.78, 5) is 17.7. The Morgan fingerprint density at radius 3 is 2.74 bits per heavy atom. The fourth-order valence-corrected chi connectivity index (χ4v) is 2.84. The molecule has 2 unspecified atom stereocenters. The second kappa shape index (κ2) is 6.44. The van der Waals surface area contributed by atoms with Crippen molar-refractivity contribution in [2.75, 3.05) is 13.1 Å². The van der Waals surface area contributed by atoms with Crippen LogP contribution in [0.2, 0.25) is 0 Å². The highest BCUT2D eigenvalue weighted by atomic mass is 35.5. The third-order valence-corrected chi connectivity index (χ3v) is 3.87. The van der Waals surface area contributed by atoms with Crippen molar-refractivity contribution < 1.29 is 4.79 Å². The van der Waals surface area contributed by atoms with Gasteiger partial charge in [-0.15, -0.1) is 12.4 Å². The van der Waals surface area contributed by atoms with Crippen molar-refractivity contribution in [2.24, 2.45) is 11.7 Å². The maximum absolute atomic E-state index is 12.5. The monoisotopic (exact) mass is 285 g/mol. The molecule has 1 aliphatic rings. The van der Waals surface area contributed by atoms with Crippen molar-refractivity contribution in [1.29, 1.82) is 0 Å². The molecule has 0 radical (unpaired) electrons. The van der Waals surface area contributed by atoms with Gasteiger partial charge < -0.3 is 15.6 Å². The van der Waals surface area contributed by atoms with E-state index in [1.165, 1.54) is 0 Å². The number of aryl methyl sites for hydroxylation is 2. The Morgan fingerprint density at radius 1 is 1.53 bits per heavy atom. The Bertz CT molecular complexity index is 444. The highest BCUT2D eigenvalue weighted by molar-refractivity contribution is 5.94. The van der Waals surface area contributed by atoms with Crippen LogP contribution in [0.4, 0.5) is 0 Å². The van der Waals surface area contributed by atoms with Crippen LogP contribution in [0.5, 0.6) is 0 Å². The summed E-state index contributed by atoms with van der Waals surface area (Å²) < 4.78 is 0. The second-order valence-corrected chi connectivity index (χ2v) is 5.53. The molecule has 0 bridgehead atoms. The van der Waals surface area contributed by atoms with E-state index in [-0.39, 0.29) is 24.4 Å². The minimum absolute atomic E-state index is 0. The van der Waals surface area contributed by atoms with E-state index in [0.29, 0.717) is 12.5 Å². The number of aromatic amines is 1. The number of hydrogen-bond donors (Lipinski definition) is 2. The molecule has 1 saturated heterocycles. The van der Waals surface area contributed by atoms with Crippen molar-refractivity contribution in [2.45, 2.75) is 39.7 Å². The molecule has 108 valence electrons. The van der Waals surface area contributed by atoms with E-state index in [1.54, 1.807) is 0 Å². The number of halogens is 1. The van der Waals surface area contributed by atoms with E-state index < -0.39 is 0 Å². The second-order valence-electron chi connectivity index (χ2n) is 5.53. The number of amides is 1. The normalized spacial score (nSPS) is 23.1. The summed E-state index contributed by atoms with van der Waals surface area (Å²) in [7, 11) is 0. The van der Waals surface area contributed by atoms with Crippen LogP contribution in [0.15, 0.2) is 6.07 Å². The van der Waals surface area contributed by atoms with E-state index in [1.807, 2.05) is 24.8 Å². The first-order chi connectivity index (χ1) is 8.52. The topological polar surface area (TPSA) is 62.1 Å². The molecule has 19 heavy (non-hydrogen) atoms. The number of hydrogen-bond acceptors (Lipinski definition) is 2. The fraction of sp³-hybridized carbons (Fsp3) is 0.643. The van der Waals surface area contributed by atoms with Gasteiger partial charge in [-0.2, -0.15) is 0 Å². The van der Waals surface area contributed by atoms with Crippen LogP contribution >= 0.6 is 12.4 Å². The number of aromatic nitrogens is 1. The Balaban J connectivity index is 0.00000180. The standard InChI is InChI=1S/C14H23N3O.ClH/c1-9-4-5-17(12(6-9)8-15)14(18)13-10(2)7-11(3)16-13;/h7,9,12,16H,4-6,8,15H2,1-3H3;1H. The molecule has 1 amide bonds. The van der Waals surface area contributed by atoms with Crippen LogP contribution in [0.25, 0.3) is 0 Å². The van der Waals surface area contributed by atoms with Crippen molar-refractivity contribution in [1.82, 2.24) is 9.88 Å². The summed E-state index contributed by atoms with van der Waals surface area (Å²) in [5.41, 5.74) is 8.59. The van der Waals surface area contributed by atoms with Crippen LogP contribution < -0.4 is 5.73 Å². The Morgan fingerprint density at radius 2 is 2.21 bits per heavy atom. The van der Waals surface area contributed by atoms with E-state index in [0.717, 1.165) is 36.3 Å². The molecule has 2 rings (SSSR count). The molecule has 0 aromatic carbocycles. The first-order valence-electron chi connectivity index (χ1n) is 6.70. The van der Waals surface area contributed by atoms with Crippen LogP contribution in [0.1, 0.15) is 41.5 Å².